The van der Waals surface area contributed by atoms with Gasteiger partial charge in [0.15, 0.2) is 11.5 Å². The first kappa shape index (κ1) is 15.6. The second-order valence-corrected chi connectivity index (χ2v) is 5.56. The van der Waals surface area contributed by atoms with E-state index in [1.807, 2.05) is 38.1 Å². The topological polar surface area (TPSA) is 71.4 Å². The summed E-state index contributed by atoms with van der Waals surface area (Å²) in [6.07, 6.45) is 1.53. The number of amides is 1. The van der Waals surface area contributed by atoms with Crippen LogP contribution < -0.4 is 14.8 Å². The molecule has 3 rings (SSSR count). The molecule has 24 heavy (non-hydrogen) atoms. The molecule has 0 unspecified atom stereocenters. The van der Waals surface area contributed by atoms with Crippen LogP contribution in [0.5, 0.6) is 11.5 Å². The lowest BCUT2D eigenvalue weighted by molar-refractivity contribution is -0.112. The highest BCUT2D eigenvalue weighted by Gasteiger charge is 2.15. The molecule has 0 saturated heterocycles. The van der Waals surface area contributed by atoms with E-state index >= 15 is 0 Å². The maximum atomic E-state index is 12.4. The van der Waals surface area contributed by atoms with Crippen LogP contribution in [0.1, 0.15) is 16.7 Å². The van der Waals surface area contributed by atoms with Gasteiger partial charge in [-0.05, 0) is 49.2 Å². The molecule has 5 nitrogen and oxygen atoms in total. The van der Waals surface area contributed by atoms with Gasteiger partial charge in [-0.15, -0.1) is 0 Å². The summed E-state index contributed by atoms with van der Waals surface area (Å²) >= 11 is 0. The number of carbonyl (C=O) groups is 1. The summed E-state index contributed by atoms with van der Waals surface area (Å²) in [5.41, 5.74) is 3.48. The number of carbonyl (C=O) groups excluding carboxylic acids is 1. The Morgan fingerprint density at radius 2 is 1.96 bits per heavy atom. The normalized spacial score (nSPS) is 12.6. The van der Waals surface area contributed by atoms with Gasteiger partial charge in [-0.25, -0.2) is 0 Å². The Morgan fingerprint density at radius 3 is 2.71 bits per heavy atom. The molecule has 5 heteroatoms. The largest absolute Gasteiger partial charge is 0.454 e. The van der Waals surface area contributed by atoms with Crippen molar-refractivity contribution < 1.29 is 14.3 Å². The van der Waals surface area contributed by atoms with Crippen molar-refractivity contribution in [2.75, 3.05) is 12.1 Å². The van der Waals surface area contributed by atoms with E-state index in [4.69, 9.17) is 9.47 Å². The van der Waals surface area contributed by atoms with Gasteiger partial charge >= 0.3 is 0 Å². The fourth-order valence-electron chi connectivity index (χ4n) is 2.46. The third-order valence-corrected chi connectivity index (χ3v) is 3.70. The highest BCUT2D eigenvalue weighted by Crippen LogP contribution is 2.33. The van der Waals surface area contributed by atoms with Crippen LogP contribution in [-0.2, 0) is 4.79 Å². The third kappa shape index (κ3) is 3.23. The van der Waals surface area contributed by atoms with Crippen molar-refractivity contribution in [2.24, 2.45) is 0 Å². The summed E-state index contributed by atoms with van der Waals surface area (Å²) in [5.74, 6) is 0.823. The van der Waals surface area contributed by atoms with Crippen LogP contribution in [-0.4, -0.2) is 12.7 Å². The van der Waals surface area contributed by atoms with Crippen LogP contribution in [0.4, 0.5) is 5.69 Å². The number of nitrogens with one attached hydrogen (secondary N) is 1. The Labute approximate surface area is 140 Å². The maximum Gasteiger partial charge on any atom is 0.266 e. The Bertz CT molecular complexity index is 879. The number of fused-ring (bicyclic) bond motifs is 1. The van der Waals surface area contributed by atoms with E-state index in [1.54, 1.807) is 18.2 Å². The molecule has 0 saturated carbocycles. The van der Waals surface area contributed by atoms with Gasteiger partial charge < -0.3 is 14.8 Å². The van der Waals surface area contributed by atoms with Crippen LogP contribution in [0, 0.1) is 25.2 Å². The molecule has 1 aliphatic rings. The van der Waals surface area contributed by atoms with Crippen molar-refractivity contribution in [1.82, 2.24) is 0 Å². The van der Waals surface area contributed by atoms with E-state index in [1.165, 1.54) is 6.08 Å². The molecule has 0 aliphatic carbocycles. The van der Waals surface area contributed by atoms with Crippen molar-refractivity contribution in [2.45, 2.75) is 13.8 Å². The number of hydrogen-bond acceptors (Lipinski definition) is 4. The predicted molar refractivity (Wildman–Crippen MR) is 90.7 cm³/mol. The van der Waals surface area contributed by atoms with Gasteiger partial charge in [0.1, 0.15) is 11.6 Å². The number of benzene rings is 2. The maximum absolute atomic E-state index is 12.4. The molecule has 1 aliphatic heterocycles. The van der Waals surface area contributed by atoms with Gasteiger partial charge in [-0.1, -0.05) is 23.8 Å². The minimum Gasteiger partial charge on any atom is -0.454 e. The zero-order valence-corrected chi connectivity index (χ0v) is 13.4. The van der Waals surface area contributed by atoms with E-state index in [2.05, 4.69) is 5.32 Å². The monoisotopic (exact) mass is 320 g/mol. The molecule has 0 aromatic heterocycles. The van der Waals surface area contributed by atoms with Gasteiger partial charge in [-0.2, -0.15) is 5.26 Å². The zero-order valence-electron chi connectivity index (χ0n) is 13.4. The molecule has 0 fully saturated rings. The fourth-order valence-corrected chi connectivity index (χ4v) is 2.46. The van der Waals surface area contributed by atoms with Crippen LogP contribution in [0.25, 0.3) is 6.08 Å². The average molecular weight is 320 g/mol. The number of aryl methyl sites for hydroxylation is 2. The van der Waals surface area contributed by atoms with E-state index in [0.29, 0.717) is 22.7 Å². The van der Waals surface area contributed by atoms with E-state index < -0.39 is 5.91 Å². The Hall–Kier alpha value is -3.26. The molecule has 2 aromatic rings. The summed E-state index contributed by atoms with van der Waals surface area (Å²) in [4.78, 5) is 12.4. The molecule has 1 heterocycles. The molecular formula is C19H16N2O3. The average Bonchev–Trinajstić information content (AvgIpc) is 3.02. The van der Waals surface area contributed by atoms with Crippen LogP contribution in [0.15, 0.2) is 42.0 Å². The highest BCUT2D eigenvalue weighted by atomic mass is 16.7. The van der Waals surface area contributed by atoms with Gasteiger partial charge in [0.25, 0.3) is 5.91 Å². The lowest BCUT2D eigenvalue weighted by Gasteiger charge is -2.08. The lowest BCUT2D eigenvalue weighted by atomic mass is 10.1. The first-order chi connectivity index (χ1) is 11.6. The number of nitriles is 1. The SMILES string of the molecule is Cc1ccc(NC(=O)C(C#N)=Cc2ccc3c(c2)OCO3)c(C)c1. The number of rotatable bonds is 3. The minimum absolute atomic E-state index is 0.0221. The lowest BCUT2D eigenvalue weighted by Crippen LogP contribution is -2.14. The van der Waals surface area contributed by atoms with E-state index in [0.717, 1.165) is 11.1 Å². The zero-order chi connectivity index (χ0) is 17.1. The van der Waals surface area contributed by atoms with Gasteiger partial charge in [0, 0.05) is 5.69 Å². The van der Waals surface area contributed by atoms with Crippen LogP contribution in [0.3, 0.4) is 0 Å². The summed E-state index contributed by atoms with van der Waals surface area (Å²) in [5, 5.41) is 12.1. The van der Waals surface area contributed by atoms with Crippen molar-refractivity contribution >= 4 is 17.7 Å². The molecule has 1 amide bonds. The number of anilines is 1. The minimum atomic E-state index is -0.442. The van der Waals surface area contributed by atoms with Crippen molar-refractivity contribution in [3.63, 3.8) is 0 Å². The van der Waals surface area contributed by atoms with Crippen molar-refractivity contribution in [3.8, 4) is 17.6 Å². The van der Waals surface area contributed by atoms with Gasteiger partial charge in [0.05, 0.1) is 0 Å². The molecule has 0 atom stereocenters. The van der Waals surface area contributed by atoms with Crippen molar-refractivity contribution in [1.29, 1.82) is 5.26 Å². The molecule has 0 spiro atoms. The number of hydrogen-bond donors (Lipinski definition) is 1. The summed E-state index contributed by atoms with van der Waals surface area (Å²) in [7, 11) is 0. The Morgan fingerprint density at radius 1 is 1.17 bits per heavy atom. The quantitative estimate of drug-likeness (QED) is 0.693. The van der Waals surface area contributed by atoms with Crippen LogP contribution >= 0.6 is 0 Å². The molecule has 1 N–H and O–H groups in total. The summed E-state index contributed by atoms with van der Waals surface area (Å²) in [6, 6.07) is 12.9. The first-order valence-corrected chi connectivity index (χ1v) is 7.47. The van der Waals surface area contributed by atoms with E-state index in [9.17, 15) is 10.1 Å². The standard InChI is InChI=1S/C19H16N2O3/c1-12-3-5-16(13(2)7-12)21-19(22)15(10-20)8-14-4-6-17-18(9-14)24-11-23-17/h3-9H,11H2,1-2H3,(H,21,22). The summed E-state index contributed by atoms with van der Waals surface area (Å²) in [6.45, 7) is 4.08. The van der Waals surface area contributed by atoms with Gasteiger partial charge in [0.2, 0.25) is 6.79 Å². The smallest absolute Gasteiger partial charge is 0.266 e. The molecule has 120 valence electrons. The molecule has 0 bridgehead atoms. The predicted octanol–water partition coefficient (Wildman–Crippen LogP) is 3.58. The van der Waals surface area contributed by atoms with Gasteiger partial charge in [-0.3, -0.25) is 4.79 Å². The second kappa shape index (κ2) is 6.47. The molecular weight excluding hydrogens is 304 g/mol. The third-order valence-electron chi connectivity index (χ3n) is 3.70. The first-order valence-electron chi connectivity index (χ1n) is 7.47. The highest BCUT2D eigenvalue weighted by molar-refractivity contribution is 6.10. The van der Waals surface area contributed by atoms with Crippen molar-refractivity contribution in [3.05, 3.63) is 58.7 Å². The molecule has 2 aromatic carbocycles. The second-order valence-electron chi connectivity index (χ2n) is 5.56. The summed E-state index contributed by atoms with van der Waals surface area (Å²) < 4.78 is 10.5. The van der Waals surface area contributed by atoms with E-state index in [-0.39, 0.29) is 12.4 Å². The Balaban J connectivity index is 1.82. The number of ether oxygens (including phenoxy) is 2. The molecule has 0 radical (unpaired) electrons. The number of nitrogens with zero attached hydrogens (tertiary/aromatic N) is 1. The Kier molecular flexibility index (Phi) is 4.21. The van der Waals surface area contributed by atoms with Crippen LogP contribution in [0.2, 0.25) is 0 Å². The fraction of sp³-hybridized carbons (Fsp3) is 0.158.